The first kappa shape index (κ1) is 11.8. The average Bonchev–Trinajstić information content (AvgIpc) is 2.60. The number of amides is 2. The maximum Gasteiger partial charge on any atom is 0.326 e. The van der Waals surface area contributed by atoms with E-state index in [4.69, 9.17) is 10.8 Å². The van der Waals surface area contributed by atoms with Gasteiger partial charge >= 0.3 is 12.0 Å². The third kappa shape index (κ3) is 3.09. The Morgan fingerprint density at radius 3 is 2.73 bits per heavy atom. The molecule has 4 N–H and O–H groups in total. The smallest absolute Gasteiger partial charge is 0.326 e. The minimum Gasteiger partial charge on any atom is -0.480 e. The first-order chi connectivity index (χ1) is 7.04. The predicted molar refractivity (Wildman–Crippen MR) is 54.4 cm³/mol. The second-order valence-electron chi connectivity index (χ2n) is 3.74. The molecule has 6 heteroatoms. The number of carboxylic acids is 1. The average molecular weight is 215 g/mol. The van der Waals surface area contributed by atoms with Gasteiger partial charge in [0.15, 0.2) is 0 Å². The minimum absolute atomic E-state index is 0.0145. The molecule has 0 aliphatic carbocycles. The number of carboxylic acid groups (broad SMARTS) is 1. The van der Waals surface area contributed by atoms with Gasteiger partial charge in [0.1, 0.15) is 6.04 Å². The summed E-state index contributed by atoms with van der Waals surface area (Å²) < 4.78 is 0. The van der Waals surface area contributed by atoms with Gasteiger partial charge in [0.05, 0.1) is 0 Å². The lowest BCUT2D eigenvalue weighted by Gasteiger charge is -2.19. The molecule has 1 rings (SSSR count). The number of urea groups is 1. The predicted octanol–water partition coefficient (Wildman–Crippen LogP) is -0.408. The van der Waals surface area contributed by atoms with Crippen LogP contribution in [-0.4, -0.2) is 47.2 Å². The van der Waals surface area contributed by atoms with Gasteiger partial charge in [0.2, 0.25) is 0 Å². The third-order valence-corrected chi connectivity index (χ3v) is 2.52. The van der Waals surface area contributed by atoms with E-state index in [1.54, 1.807) is 11.8 Å². The first-order valence-electron chi connectivity index (χ1n) is 5.08. The number of carbonyl (C=O) groups is 2. The fourth-order valence-electron chi connectivity index (χ4n) is 1.55. The van der Waals surface area contributed by atoms with Crippen LogP contribution in [0.1, 0.15) is 19.8 Å². The Hall–Kier alpha value is -1.30. The number of aliphatic carboxylic acids is 1. The molecule has 86 valence electrons. The van der Waals surface area contributed by atoms with Crippen LogP contribution in [0.2, 0.25) is 0 Å². The Kier molecular flexibility index (Phi) is 3.90. The summed E-state index contributed by atoms with van der Waals surface area (Å²) in [4.78, 5) is 23.8. The molecule has 0 radical (unpaired) electrons. The zero-order valence-corrected chi connectivity index (χ0v) is 8.77. The van der Waals surface area contributed by atoms with Crippen molar-refractivity contribution in [1.82, 2.24) is 10.2 Å². The highest BCUT2D eigenvalue weighted by molar-refractivity contribution is 5.82. The number of rotatable bonds is 3. The van der Waals surface area contributed by atoms with Crippen LogP contribution in [0.4, 0.5) is 4.79 Å². The molecule has 0 spiro atoms. The van der Waals surface area contributed by atoms with Crippen LogP contribution < -0.4 is 11.1 Å². The molecule has 0 saturated carbocycles. The van der Waals surface area contributed by atoms with Crippen molar-refractivity contribution in [3.8, 4) is 0 Å². The van der Waals surface area contributed by atoms with Crippen LogP contribution in [0.15, 0.2) is 0 Å². The standard InChI is InChI=1S/C9H17N3O3/c1-2-7(8(13)14)11-9(15)12-4-3-6(10)5-12/h6-7H,2-5,10H2,1H3,(H,11,15)(H,13,14)/t6?,7-/m0/s1. The Balaban J connectivity index is 2.44. The summed E-state index contributed by atoms with van der Waals surface area (Å²) in [5.74, 6) is -1.01. The molecule has 6 nitrogen and oxygen atoms in total. The molecule has 1 unspecified atom stereocenters. The van der Waals surface area contributed by atoms with Gasteiger partial charge in [-0.2, -0.15) is 0 Å². The third-order valence-electron chi connectivity index (χ3n) is 2.52. The molecule has 1 saturated heterocycles. The molecule has 1 fully saturated rings. The SMILES string of the molecule is CC[C@H](NC(=O)N1CCC(N)C1)C(=O)O. The molecule has 1 aliphatic heterocycles. The number of hydrogen-bond donors (Lipinski definition) is 3. The number of nitrogens with two attached hydrogens (primary N) is 1. The summed E-state index contributed by atoms with van der Waals surface area (Å²) in [6.45, 7) is 2.82. The Labute approximate surface area is 88.4 Å². The van der Waals surface area contributed by atoms with Crippen molar-refractivity contribution < 1.29 is 14.7 Å². The molecule has 0 aromatic carbocycles. The molecule has 15 heavy (non-hydrogen) atoms. The summed E-state index contributed by atoms with van der Waals surface area (Å²) in [7, 11) is 0. The number of nitrogens with one attached hydrogen (secondary N) is 1. The summed E-state index contributed by atoms with van der Waals surface area (Å²) in [5, 5.41) is 11.2. The van der Waals surface area contributed by atoms with Gasteiger partial charge in [-0.15, -0.1) is 0 Å². The van der Waals surface area contributed by atoms with Crippen LogP contribution in [0, 0.1) is 0 Å². The van der Waals surface area contributed by atoms with E-state index in [2.05, 4.69) is 5.32 Å². The van der Waals surface area contributed by atoms with E-state index in [1.165, 1.54) is 0 Å². The molecule has 1 heterocycles. The number of nitrogens with zero attached hydrogens (tertiary/aromatic N) is 1. The van der Waals surface area contributed by atoms with Crippen molar-refractivity contribution in [2.24, 2.45) is 5.73 Å². The molecule has 0 aromatic rings. The van der Waals surface area contributed by atoms with Crippen LogP contribution >= 0.6 is 0 Å². The van der Waals surface area contributed by atoms with E-state index in [1.807, 2.05) is 0 Å². The fourth-order valence-corrected chi connectivity index (χ4v) is 1.55. The normalized spacial score (nSPS) is 22.5. The van der Waals surface area contributed by atoms with E-state index in [0.717, 1.165) is 6.42 Å². The number of hydrogen-bond acceptors (Lipinski definition) is 3. The highest BCUT2D eigenvalue weighted by Crippen LogP contribution is 2.07. The maximum atomic E-state index is 11.6. The quantitative estimate of drug-likeness (QED) is 0.596. The first-order valence-corrected chi connectivity index (χ1v) is 5.08. The zero-order chi connectivity index (χ0) is 11.4. The summed E-state index contributed by atoms with van der Waals surface area (Å²) >= 11 is 0. The summed E-state index contributed by atoms with van der Waals surface area (Å²) in [6, 6.07) is -1.13. The molecule has 0 bridgehead atoms. The second-order valence-corrected chi connectivity index (χ2v) is 3.74. The van der Waals surface area contributed by atoms with Crippen molar-refractivity contribution in [3.05, 3.63) is 0 Å². The van der Waals surface area contributed by atoms with Gasteiger partial charge in [0, 0.05) is 19.1 Å². The molecular formula is C9H17N3O3. The van der Waals surface area contributed by atoms with Crippen LogP contribution in [0.25, 0.3) is 0 Å². The monoisotopic (exact) mass is 215 g/mol. The minimum atomic E-state index is -1.01. The van der Waals surface area contributed by atoms with Gasteiger partial charge in [-0.05, 0) is 12.8 Å². The highest BCUT2D eigenvalue weighted by Gasteiger charge is 2.26. The summed E-state index contributed by atoms with van der Waals surface area (Å²) in [5.41, 5.74) is 5.65. The fraction of sp³-hybridized carbons (Fsp3) is 0.778. The van der Waals surface area contributed by atoms with Crippen molar-refractivity contribution >= 4 is 12.0 Å². The number of carbonyl (C=O) groups excluding carboxylic acids is 1. The lowest BCUT2D eigenvalue weighted by molar-refractivity contribution is -0.139. The Morgan fingerprint density at radius 2 is 2.33 bits per heavy atom. The van der Waals surface area contributed by atoms with Crippen molar-refractivity contribution in [1.29, 1.82) is 0 Å². The number of likely N-dealkylation sites (tertiary alicyclic amines) is 1. The Morgan fingerprint density at radius 1 is 1.67 bits per heavy atom. The van der Waals surface area contributed by atoms with Crippen LogP contribution in [0.5, 0.6) is 0 Å². The van der Waals surface area contributed by atoms with Crippen LogP contribution in [-0.2, 0) is 4.79 Å². The van der Waals surface area contributed by atoms with Gasteiger partial charge < -0.3 is 21.1 Å². The summed E-state index contributed by atoms with van der Waals surface area (Å²) in [6.07, 6.45) is 1.15. The van der Waals surface area contributed by atoms with Gasteiger partial charge in [-0.1, -0.05) is 6.92 Å². The second kappa shape index (κ2) is 4.97. The van der Waals surface area contributed by atoms with Gasteiger partial charge in [-0.3, -0.25) is 0 Å². The van der Waals surface area contributed by atoms with E-state index in [-0.39, 0.29) is 12.1 Å². The molecule has 0 aromatic heterocycles. The van der Waals surface area contributed by atoms with Crippen molar-refractivity contribution in [2.75, 3.05) is 13.1 Å². The van der Waals surface area contributed by atoms with Crippen molar-refractivity contribution in [3.63, 3.8) is 0 Å². The van der Waals surface area contributed by atoms with E-state index in [0.29, 0.717) is 19.5 Å². The largest absolute Gasteiger partial charge is 0.480 e. The molecule has 2 amide bonds. The van der Waals surface area contributed by atoms with E-state index >= 15 is 0 Å². The van der Waals surface area contributed by atoms with Gasteiger partial charge in [0.25, 0.3) is 0 Å². The van der Waals surface area contributed by atoms with E-state index in [9.17, 15) is 9.59 Å². The zero-order valence-electron chi connectivity index (χ0n) is 8.77. The van der Waals surface area contributed by atoms with E-state index < -0.39 is 12.0 Å². The van der Waals surface area contributed by atoms with Gasteiger partial charge in [-0.25, -0.2) is 9.59 Å². The Bertz CT molecular complexity index is 257. The highest BCUT2D eigenvalue weighted by atomic mass is 16.4. The maximum absolute atomic E-state index is 11.6. The van der Waals surface area contributed by atoms with Crippen LogP contribution in [0.3, 0.4) is 0 Å². The molecular weight excluding hydrogens is 198 g/mol. The molecule has 1 aliphatic rings. The molecule has 2 atom stereocenters. The lowest BCUT2D eigenvalue weighted by Crippen LogP contribution is -2.47. The van der Waals surface area contributed by atoms with Crippen molar-refractivity contribution in [2.45, 2.75) is 31.8 Å². The lowest BCUT2D eigenvalue weighted by atomic mass is 10.2. The topological polar surface area (TPSA) is 95.7 Å².